The van der Waals surface area contributed by atoms with Crippen molar-refractivity contribution in [3.63, 3.8) is 0 Å². The number of rotatable bonds is 1. The molecule has 0 amide bonds. The van der Waals surface area contributed by atoms with Crippen molar-refractivity contribution < 1.29 is 4.79 Å². The number of piperidine rings is 1. The van der Waals surface area contributed by atoms with E-state index in [1.54, 1.807) is 0 Å². The molecule has 2 aliphatic heterocycles. The topological polar surface area (TPSA) is 20.3 Å². The van der Waals surface area contributed by atoms with Gasteiger partial charge in [-0.3, -0.25) is 9.69 Å². The number of ketones is 1. The van der Waals surface area contributed by atoms with Gasteiger partial charge in [0.15, 0.2) is 0 Å². The lowest BCUT2D eigenvalue weighted by atomic mass is 9.81. The second-order valence-corrected chi connectivity index (χ2v) is 6.52. The maximum atomic E-state index is 12.4. The Morgan fingerprint density at radius 1 is 0.909 bits per heavy atom. The molecular weight excluding hydrogens is 270 g/mol. The van der Waals surface area contributed by atoms with Crippen LogP contribution in [-0.4, -0.2) is 17.2 Å². The summed E-state index contributed by atoms with van der Waals surface area (Å²) >= 11 is 0. The zero-order chi connectivity index (χ0) is 15.1. The lowest BCUT2D eigenvalue weighted by molar-refractivity contribution is -0.126. The molecule has 0 bridgehead atoms. The molecule has 0 unspecified atom stereocenters. The first-order valence-corrected chi connectivity index (χ1v) is 8.15. The number of benzene rings is 2. The minimum Gasteiger partial charge on any atom is -0.300 e. The van der Waals surface area contributed by atoms with Crippen LogP contribution in [0, 0.1) is 6.92 Å². The molecule has 0 N–H and O–H groups in total. The van der Waals surface area contributed by atoms with E-state index in [4.69, 9.17) is 0 Å². The van der Waals surface area contributed by atoms with E-state index in [1.165, 1.54) is 22.3 Å². The van der Waals surface area contributed by atoms with Gasteiger partial charge in [-0.2, -0.15) is 0 Å². The van der Waals surface area contributed by atoms with E-state index in [-0.39, 0.29) is 12.1 Å². The Bertz CT molecular complexity index is 721. The molecule has 4 rings (SSSR count). The zero-order valence-corrected chi connectivity index (χ0v) is 13.0. The van der Waals surface area contributed by atoms with E-state index in [0.717, 1.165) is 13.0 Å². The molecular formula is C20H21NO. The summed E-state index contributed by atoms with van der Waals surface area (Å²) in [5.41, 5.74) is 5.39. The molecule has 0 radical (unpaired) electrons. The molecule has 2 aliphatic rings. The average molecular weight is 291 g/mol. The third-order valence-electron chi connectivity index (χ3n) is 5.24. The Kier molecular flexibility index (Phi) is 3.34. The van der Waals surface area contributed by atoms with Crippen LogP contribution in [0.15, 0.2) is 48.5 Å². The van der Waals surface area contributed by atoms with Crippen molar-refractivity contribution in [2.45, 2.75) is 38.3 Å². The predicted molar refractivity (Wildman–Crippen MR) is 87.8 cm³/mol. The maximum absolute atomic E-state index is 12.4. The molecule has 1 fully saturated rings. The highest BCUT2D eigenvalue weighted by molar-refractivity contribution is 5.81. The van der Waals surface area contributed by atoms with Gasteiger partial charge in [0.2, 0.25) is 0 Å². The van der Waals surface area contributed by atoms with Crippen molar-refractivity contribution in [3.8, 4) is 0 Å². The summed E-state index contributed by atoms with van der Waals surface area (Å²) in [5.74, 6) is 0.395. The number of hydrogen-bond acceptors (Lipinski definition) is 2. The van der Waals surface area contributed by atoms with E-state index in [9.17, 15) is 4.79 Å². The minimum absolute atomic E-state index is 0.237. The van der Waals surface area contributed by atoms with Crippen molar-refractivity contribution in [1.82, 2.24) is 4.90 Å². The molecule has 2 heteroatoms. The lowest BCUT2D eigenvalue weighted by Crippen LogP contribution is -2.43. The molecule has 0 spiro atoms. The molecule has 2 nitrogen and oxygen atoms in total. The van der Waals surface area contributed by atoms with E-state index in [2.05, 4.69) is 60.4 Å². The van der Waals surface area contributed by atoms with Crippen LogP contribution in [0.1, 0.15) is 47.2 Å². The van der Waals surface area contributed by atoms with Gasteiger partial charge in [0.05, 0.1) is 0 Å². The molecule has 0 saturated carbocycles. The number of Topliss-reactive ketones (excluding diaryl/α,β-unsaturated/α-hetero) is 1. The monoisotopic (exact) mass is 291 g/mol. The summed E-state index contributed by atoms with van der Waals surface area (Å²) in [6.07, 6.45) is 2.41. The van der Waals surface area contributed by atoms with Crippen molar-refractivity contribution in [2.24, 2.45) is 0 Å². The number of aryl methyl sites for hydroxylation is 1. The van der Waals surface area contributed by atoms with Crippen molar-refractivity contribution >= 4 is 5.78 Å². The van der Waals surface area contributed by atoms with Gasteiger partial charge in [-0.15, -0.1) is 0 Å². The molecule has 0 aromatic heterocycles. The number of fused-ring (bicyclic) bond motifs is 3. The van der Waals surface area contributed by atoms with E-state index < -0.39 is 0 Å². The number of carbonyl (C=O) groups excluding carboxylic acids is 1. The van der Waals surface area contributed by atoms with Gasteiger partial charge in [-0.05, 0) is 35.6 Å². The fraction of sp³-hybridized carbons (Fsp3) is 0.350. The van der Waals surface area contributed by atoms with Gasteiger partial charge < -0.3 is 0 Å². The minimum atomic E-state index is 0.237. The van der Waals surface area contributed by atoms with Crippen molar-refractivity contribution in [3.05, 3.63) is 70.8 Å². The molecule has 2 heterocycles. The van der Waals surface area contributed by atoms with Gasteiger partial charge in [0.25, 0.3) is 0 Å². The van der Waals surface area contributed by atoms with Crippen LogP contribution in [0.5, 0.6) is 0 Å². The fourth-order valence-corrected chi connectivity index (χ4v) is 4.15. The molecule has 2 aromatic rings. The van der Waals surface area contributed by atoms with E-state index in [0.29, 0.717) is 18.6 Å². The smallest absolute Gasteiger partial charge is 0.136 e. The molecule has 22 heavy (non-hydrogen) atoms. The van der Waals surface area contributed by atoms with E-state index in [1.807, 2.05) is 0 Å². The maximum Gasteiger partial charge on any atom is 0.136 e. The highest BCUT2D eigenvalue weighted by atomic mass is 16.1. The van der Waals surface area contributed by atoms with Gasteiger partial charge in [0, 0.05) is 31.5 Å². The first-order chi connectivity index (χ1) is 10.7. The SMILES string of the molecule is Cc1ccccc1[C@H]1CC(=O)C[C@@H]2c3ccccc3CCN12. The van der Waals surface area contributed by atoms with Crippen molar-refractivity contribution in [2.75, 3.05) is 6.54 Å². The fourth-order valence-electron chi connectivity index (χ4n) is 4.15. The second kappa shape index (κ2) is 5.36. The largest absolute Gasteiger partial charge is 0.300 e. The van der Waals surface area contributed by atoms with Gasteiger partial charge >= 0.3 is 0 Å². The number of hydrogen-bond donors (Lipinski definition) is 0. The Morgan fingerprint density at radius 3 is 2.32 bits per heavy atom. The van der Waals surface area contributed by atoms with Crippen LogP contribution in [0.3, 0.4) is 0 Å². The van der Waals surface area contributed by atoms with Crippen LogP contribution < -0.4 is 0 Å². The number of carbonyl (C=O) groups is 1. The van der Waals surface area contributed by atoms with Gasteiger partial charge in [-0.1, -0.05) is 48.5 Å². The first-order valence-electron chi connectivity index (χ1n) is 8.15. The highest BCUT2D eigenvalue weighted by Gasteiger charge is 2.39. The Morgan fingerprint density at radius 2 is 1.55 bits per heavy atom. The lowest BCUT2D eigenvalue weighted by Gasteiger charge is -2.45. The van der Waals surface area contributed by atoms with E-state index >= 15 is 0 Å². The molecule has 0 aliphatic carbocycles. The molecule has 2 aromatic carbocycles. The van der Waals surface area contributed by atoms with Crippen LogP contribution in [0.25, 0.3) is 0 Å². The Hall–Kier alpha value is -1.93. The Labute approximate surface area is 131 Å². The molecule has 2 atom stereocenters. The predicted octanol–water partition coefficient (Wildman–Crippen LogP) is 4.00. The molecule has 1 saturated heterocycles. The van der Waals surface area contributed by atoms with Crippen molar-refractivity contribution in [1.29, 1.82) is 0 Å². The first kappa shape index (κ1) is 13.7. The second-order valence-electron chi connectivity index (χ2n) is 6.52. The summed E-state index contributed by atoms with van der Waals surface area (Å²) < 4.78 is 0. The zero-order valence-electron chi connectivity index (χ0n) is 13.0. The van der Waals surface area contributed by atoms with Crippen LogP contribution in [0.2, 0.25) is 0 Å². The normalized spacial score (nSPS) is 24.7. The average Bonchev–Trinajstić information content (AvgIpc) is 2.54. The summed E-state index contributed by atoms with van der Waals surface area (Å²) in [5, 5.41) is 0. The molecule has 112 valence electrons. The summed E-state index contributed by atoms with van der Waals surface area (Å²) in [7, 11) is 0. The van der Waals surface area contributed by atoms with Crippen LogP contribution in [0.4, 0.5) is 0 Å². The summed E-state index contributed by atoms with van der Waals surface area (Å²) in [6, 6.07) is 17.6. The standard InChI is InChI=1S/C20H21NO/c1-14-6-2-4-8-17(14)19-12-16(22)13-20-18-9-5-3-7-15(18)10-11-21(19)20/h2-9,19-20H,10-13H2,1H3/t19-,20-/m1/s1. The third kappa shape index (κ3) is 2.19. The van der Waals surface area contributed by atoms with Crippen LogP contribution >= 0.6 is 0 Å². The van der Waals surface area contributed by atoms with Gasteiger partial charge in [-0.25, -0.2) is 0 Å². The highest BCUT2D eigenvalue weighted by Crippen LogP contribution is 2.44. The summed E-state index contributed by atoms with van der Waals surface area (Å²) in [6.45, 7) is 3.20. The van der Waals surface area contributed by atoms with Gasteiger partial charge in [0.1, 0.15) is 5.78 Å². The number of nitrogens with zero attached hydrogens (tertiary/aromatic N) is 1. The summed E-state index contributed by atoms with van der Waals surface area (Å²) in [4.78, 5) is 15.0. The van der Waals surface area contributed by atoms with Crippen LogP contribution in [-0.2, 0) is 11.2 Å². The third-order valence-corrected chi connectivity index (χ3v) is 5.24. The Balaban J connectivity index is 1.77. The quantitative estimate of drug-likeness (QED) is 0.791.